The van der Waals surface area contributed by atoms with Gasteiger partial charge < -0.3 is 10.1 Å². The van der Waals surface area contributed by atoms with E-state index in [4.69, 9.17) is 4.74 Å². The van der Waals surface area contributed by atoms with Gasteiger partial charge in [0.2, 0.25) is 0 Å². The van der Waals surface area contributed by atoms with Crippen LogP contribution in [0.1, 0.15) is 21.1 Å². The Kier molecular flexibility index (Phi) is 4.98. The molecular formula is C16H22N4O3S. The van der Waals surface area contributed by atoms with Crippen molar-refractivity contribution in [3.8, 4) is 0 Å². The molecule has 0 aromatic carbocycles. The van der Waals surface area contributed by atoms with Crippen LogP contribution in [0.2, 0.25) is 0 Å². The van der Waals surface area contributed by atoms with E-state index in [0.717, 1.165) is 32.8 Å². The number of hydrogen-bond acceptors (Lipinski definition) is 6. The molecule has 130 valence electrons. The van der Waals surface area contributed by atoms with Gasteiger partial charge >= 0.3 is 0 Å². The lowest BCUT2D eigenvalue weighted by Gasteiger charge is -2.26. The second-order valence-corrected chi connectivity index (χ2v) is 6.97. The zero-order valence-corrected chi connectivity index (χ0v) is 15.0. The van der Waals surface area contributed by atoms with Gasteiger partial charge in [0.05, 0.1) is 23.5 Å². The highest BCUT2D eigenvalue weighted by atomic mass is 32.1. The summed E-state index contributed by atoms with van der Waals surface area (Å²) in [6.45, 7) is 8.28. The predicted octanol–water partition coefficient (Wildman–Crippen LogP) is 0.674. The molecule has 0 radical (unpaired) electrons. The van der Waals surface area contributed by atoms with Crippen LogP contribution in [0.4, 0.5) is 0 Å². The molecule has 0 unspecified atom stereocenters. The Balaban J connectivity index is 1.74. The minimum atomic E-state index is -0.136. The minimum absolute atomic E-state index is 0.0985. The van der Waals surface area contributed by atoms with Crippen LogP contribution in [0.3, 0.4) is 0 Å². The lowest BCUT2D eigenvalue weighted by molar-refractivity contribution is 0.0383. The van der Waals surface area contributed by atoms with Crippen molar-refractivity contribution >= 4 is 27.5 Å². The Morgan fingerprint density at radius 1 is 1.33 bits per heavy atom. The maximum atomic E-state index is 12.5. The van der Waals surface area contributed by atoms with Gasteiger partial charge in [-0.3, -0.25) is 19.1 Å². The maximum Gasteiger partial charge on any atom is 0.262 e. The summed E-state index contributed by atoms with van der Waals surface area (Å²) in [5.74, 6) is 0.511. The first kappa shape index (κ1) is 17.1. The van der Waals surface area contributed by atoms with Crippen LogP contribution in [-0.2, 0) is 11.8 Å². The fourth-order valence-electron chi connectivity index (χ4n) is 2.81. The van der Waals surface area contributed by atoms with E-state index in [2.05, 4.69) is 15.2 Å². The summed E-state index contributed by atoms with van der Waals surface area (Å²) < 4.78 is 6.83. The van der Waals surface area contributed by atoms with Crippen molar-refractivity contribution < 1.29 is 9.53 Å². The molecule has 3 rings (SSSR count). The van der Waals surface area contributed by atoms with Gasteiger partial charge in [-0.15, -0.1) is 11.3 Å². The quantitative estimate of drug-likeness (QED) is 0.877. The number of rotatable bonds is 4. The molecule has 0 aliphatic carbocycles. The molecule has 2 aromatic heterocycles. The van der Waals surface area contributed by atoms with E-state index in [1.165, 1.54) is 15.9 Å². The van der Waals surface area contributed by atoms with Crippen molar-refractivity contribution in [2.45, 2.75) is 13.8 Å². The molecule has 24 heavy (non-hydrogen) atoms. The van der Waals surface area contributed by atoms with Gasteiger partial charge in [-0.05, 0) is 19.4 Å². The number of nitrogens with zero attached hydrogens (tertiary/aromatic N) is 3. The van der Waals surface area contributed by atoms with E-state index in [0.29, 0.717) is 33.0 Å². The molecule has 2 aromatic rings. The fraction of sp³-hybridized carbons (Fsp3) is 0.562. The zero-order chi connectivity index (χ0) is 17.3. The highest BCUT2D eigenvalue weighted by Gasteiger charge is 2.20. The van der Waals surface area contributed by atoms with E-state index in [1.807, 2.05) is 6.92 Å². The van der Waals surface area contributed by atoms with Crippen LogP contribution in [0, 0.1) is 13.8 Å². The average Bonchev–Trinajstić information content (AvgIpc) is 2.90. The summed E-state index contributed by atoms with van der Waals surface area (Å²) in [4.78, 5) is 32.8. The number of aryl methyl sites for hydroxylation is 2. The first-order chi connectivity index (χ1) is 11.5. The van der Waals surface area contributed by atoms with Gasteiger partial charge in [-0.25, -0.2) is 4.98 Å². The van der Waals surface area contributed by atoms with Crippen LogP contribution in [0.15, 0.2) is 4.79 Å². The van der Waals surface area contributed by atoms with E-state index < -0.39 is 0 Å². The van der Waals surface area contributed by atoms with Crippen molar-refractivity contribution in [1.82, 2.24) is 19.8 Å². The zero-order valence-electron chi connectivity index (χ0n) is 14.2. The highest BCUT2D eigenvalue weighted by Crippen LogP contribution is 2.27. The number of amides is 1. The molecule has 8 heteroatoms. The number of carbonyl (C=O) groups excluding carboxylic acids is 1. The Hall–Kier alpha value is -1.77. The second-order valence-electron chi connectivity index (χ2n) is 5.97. The monoisotopic (exact) mass is 350 g/mol. The molecule has 0 spiro atoms. The molecule has 1 N–H and O–H groups in total. The number of hydrogen-bond donors (Lipinski definition) is 1. The van der Waals surface area contributed by atoms with E-state index in [1.54, 1.807) is 14.0 Å². The number of morpholine rings is 1. The fourth-order valence-corrected chi connectivity index (χ4v) is 3.95. The van der Waals surface area contributed by atoms with Crippen LogP contribution in [-0.4, -0.2) is 59.8 Å². The topological polar surface area (TPSA) is 76.5 Å². The number of thiophene rings is 1. The van der Waals surface area contributed by atoms with Gasteiger partial charge in [-0.2, -0.15) is 0 Å². The van der Waals surface area contributed by atoms with Crippen LogP contribution >= 0.6 is 11.3 Å². The standard InChI is InChI=1S/C16H22N4O3S/c1-10-12-15(18-11(2)19(3)16(12)22)24-13(10)14(21)17-4-5-20-6-8-23-9-7-20/h4-9H2,1-3H3,(H,17,21). The van der Waals surface area contributed by atoms with Crippen molar-refractivity contribution in [2.75, 3.05) is 39.4 Å². The first-order valence-electron chi connectivity index (χ1n) is 8.04. The van der Waals surface area contributed by atoms with Gasteiger partial charge in [0.15, 0.2) is 0 Å². The third kappa shape index (κ3) is 3.22. The molecular weight excluding hydrogens is 328 g/mol. The van der Waals surface area contributed by atoms with Gasteiger partial charge in [0, 0.05) is 33.2 Å². The third-order valence-corrected chi connectivity index (χ3v) is 5.60. The highest BCUT2D eigenvalue weighted by molar-refractivity contribution is 7.20. The predicted molar refractivity (Wildman–Crippen MR) is 93.9 cm³/mol. The SMILES string of the molecule is Cc1c(C(=O)NCCN2CCOCC2)sc2nc(C)n(C)c(=O)c12. The molecule has 1 fully saturated rings. The number of carbonyl (C=O) groups is 1. The molecule has 1 saturated heterocycles. The normalized spacial score (nSPS) is 15.8. The lowest BCUT2D eigenvalue weighted by atomic mass is 10.2. The molecule has 0 bridgehead atoms. The van der Waals surface area contributed by atoms with Crippen molar-refractivity contribution in [3.63, 3.8) is 0 Å². The number of ether oxygens (including phenoxy) is 1. The second kappa shape index (κ2) is 7.00. The largest absolute Gasteiger partial charge is 0.379 e. The van der Waals surface area contributed by atoms with Gasteiger partial charge in [-0.1, -0.05) is 0 Å². The summed E-state index contributed by atoms with van der Waals surface area (Å²) >= 11 is 1.28. The molecule has 1 aliphatic heterocycles. The molecule has 1 amide bonds. The Morgan fingerprint density at radius 3 is 2.75 bits per heavy atom. The van der Waals surface area contributed by atoms with Gasteiger partial charge in [0.25, 0.3) is 11.5 Å². The van der Waals surface area contributed by atoms with E-state index in [-0.39, 0.29) is 11.5 Å². The lowest BCUT2D eigenvalue weighted by Crippen LogP contribution is -2.41. The molecule has 1 aliphatic rings. The van der Waals surface area contributed by atoms with Crippen LogP contribution in [0.25, 0.3) is 10.2 Å². The number of nitrogens with one attached hydrogen (secondary N) is 1. The average molecular weight is 350 g/mol. The summed E-state index contributed by atoms with van der Waals surface area (Å²) in [7, 11) is 1.70. The van der Waals surface area contributed by atoms with Crippen LogP contribution in [0.5, 0.6) is 0 Å². The summed E-state index contributed by atoms with van der Waals surface area (Å²) in [6, 6.07) is 0. The molecule has 0 atom stereocenters. The van der Waals surface area contributed by atoms with Crippen LogP contribution < -0.4 is 10.9 Å². The molecule has 3 heterocycles. The summed E-state index contributed by atoms with van der Waals surface area (Å²) in [5, 5.41) is 3.50. The first-order valence-corrected chi connectivity index (χ1v) is 8.85. The van der Waals surface area contributed by atoms with Crippen molar-refractivity contribution in [1.29, 1.82) is 0 Å². The summed E-state index contributed by atoms with van der Waals surface area (Å²) in [6.07, 6.45) is 0. The van der Waals surface area contributed by atoms with E-state index >= 15 is 0 Å². The Morgan fingerprint density at radius 2 is 2.04 bits per heavy atom. The minimum Gasteiger partial charge on any atom is -0.379 e. The van der Waals surface area contributed by atoms with E-state index in [9.17, 15) is 9.59 Å². The number of aromatic nitrogens is 2. The van der Waals surface area contributed by atoms with Crippen molar-refractivity contribution in [2.24, 2.45) is 7.05 Å². The number of fused-ring (bicyclic) bond motifs is 1. The smallest absolute Gasteiger partial charge is 0.262 e. The Bertz CT molecular complexity index is 821. The van der Waals surface area contributed by atoms with Crippen molar-refractivity contribution in [3.05, 3.63) is 26.6 Å². The maximum absolute atomic E-state index is 12.5. The molecule has 7 nitrogen and oxygen atoms in total. The Labute approximate surface area is 144 Å². The van der Waals surface area contributed by atoms with Gasteiger partial charge in [0.1, 0.15) is 10.7 Å². The third-order valence-electron chi connectivity index (χ3n) is 4.42. The molecule has 0 saturated carbocycles. The summed E-state index contributed by atoms with van der Waals surface area (Å²) in [5.41, 5.74) is 0.616.